The molecule has 0 aliphatic rings. The number of hydrogen-bond donors (Lipinski definition) is 0. The number of hydrogen-bond acceptors (Lipinski definition) is 3. The molecule has 1 nitrogen and oxygen atoms in total. The Morgan fingerprint density at radius 2 is 0.978 bits per heavy atom. The maximum Gasteiger partial charge on any atom is 0.0998 e. The molecular weight excluding hydrogens is 595 g/mol. The molecule has 0 radical (unpaired) electrons. The standard InChI is InChI=1S/C43H25NS2/c44-26-33-21-28(17-19-34(33)27-9-2-1-3-10-27)30-22-31(29-18-20-37-36-11-4-6-14-39(36)46-42(37)25-29)24-32(23-30)35-13-8-16-41-43(35)38-12-5-7-15-40(38)45-41/h1-25H. The number of thiophene rings is 2. The fraction of sp³-hybridized carbons (Fsp3) is 0. The minimum Gasteiger partial charge on any atom is -0.192 e. The van der Waals surface area contributed by atoms with Crippen LogP contribution < -0.4 is 0 Å². The van der Waals surface area contributed by atoms with Crippen LogP contribution in [0.4, 0.5) is 0 Å². The zero-order valence-corrected chi connectivity index (χ0v) is 26.3. The Morgan fingerprint density at radius 3 is 1.78 bits per heavy atom. The minimum absolute atomic E-state index is 0.674. The summed E-state index contributed by atoms with van der Waals surface area (Å²) in [7, 11) is 0. The predicted molar refractivity (Wildman–Crippen MR) is 199 cm³/mol. The average Bonchev–Trinajstić information content (AvgIpc) is 3.69. The summed E-state index contributed by atoms with van der Waals surface area (Å²) in [5.74, 6) is 0. The van der Waals surface area contributed by atoms with Gasteiger partial charge < -0.3 is 0 Å². The second-order valence-corrected chi connectivity index (χ2v) is 13.8. The average molecular weight is 620 g/mol. The van der Waals surface area contributed by atoms with E-state index in [9.17, 15) is 5.26 Å². The lowest BCUT2D eigenvalue weighted by atomic mass is 9.90. The molecule has 2 aromatic heterocycles. The van der Waals surface area contributed by atoms with Gasteiger partial charge in [-0.3, -0.25) is 0 Å². The van der Waals surface area contributed by atoms with Gasteiger partial charge in [-0.15, -0.1) is 22.7 Å². The Hall–Kier alpha value is -5.53. The van der Waals surface area contributed by atoms with E-state index in [0.717, 1.165) is 27.8 Å². The van der Waals surface area contributed by atoms with Gasteiger partial charge in [0.15, 0.2) is 0 Å². The highest BCUT2D eigenvalue weighted by Gasteiger charge is 2.15. The van der Waals surface area contributed by atoms with Gasteiger partial charge >= 0.3 is 0 Å². The maximum atomic E-state index is 10.2. The van der Waals surface area contributed by atoms with Crippen molar-refractivity contribution in [2.75, 3.05) is 0 Å². The second kappa shape index (κ2) is 10.8. The van der Waals surface area contributed by atoms with Crippen molar-refractivity contribution in [1.82, 2.24) is 0 Å². The fourth-order valence-electron chi connectivity index (χ4n) is 6.72. The molecule has 46 heavy (non-hydrogen) atoms. The van der Waals surface area contributed by atoms with E-state index in [2.05, 4.69) is 133 Å². The number of nitrogens with zero attached hydrogens (tertiary/aromatic N) is 1. The highest BCUT2D eigenvalue weighted by molar-refractivity contribution is 7.26. The van der Waals surface area contributed by atoms with Crippen LogP contribution in [-0.4, -0.2) is 0 Å². The van der Waals surface area contributed by atoms with Crippen molar-refractivity contribution >= 4 is 63.0 Å². The van der Waals surface area contributed by atoms with Gasteiger partial charge in [-0.25, -0.2) is 0 Å². The zero-order chi connectivity index (χ0) is 30.6. The largest absolute Gasteiger partial charge is 0.192 e. The lowest BCUT2D eigenvalue weighted by molar-refractivity contribution is 1.47. The van der Waals surface area contributed by atoms with Gasteiger partial charge in [0.2, 0.25) is 0 Å². The van der Waals surface area contributed by atoms with E-state index in [1.165, 1.54) is 57.0 Å². The monoisotopic (exact) mass is 619 g/mol. The van der Waals surface area contributed by atoms with Gasteiger partial charge in [-0.1, -0.05) is 103 Å². The van der Waals surface area contributed by atoms with E-state index in [-0.39, 0.29) is 0 Å². The molecule has 9 rings (SSSR count). The summed E-state index contributed by atoms with van der Waals surface area (Å²) in [6.45, 7) is 0. The van der Waals surface area contributed by atoms with Crippen LogP contribution in [0.5, 0.6) is 0 Å². The molecule has 3 heteroatoms. The molecule has 0 aliphatic carbocycles. The molecule has 0 bridgehead atoms. The molecule has 0 saturated heterocycles. The quantitative estimate of drug-likeness (QED) is 0.192. The molecule has 0 amide bonds. The van der Waals surface area contributed by atoms with Gasteiger partial charge in [0, 0.05) is 40.3 Å². The predicted octanol–water partition coefficient (Wildman–Crippen LogP) is 13.0. The van der Waals surface area contributed by atoms with Crippen LogP contribution in [0, 0.1) is 11.3 Å². The molecule has 9 aromatic rings. The first kappa shape index (κ1) is 26.8. The fourth-order valence-corrected chi connectivity index (χ4v) is 9.00. The number of rotatable bonds is 4. The van der Waals surface area contributed by atoms with Gasteiger partial charge in [0.25, 0.3) is 0 Å². The summed E-state index contributed by atoms with van der Waals surface area (Å²) in [5.41, 5.74) is 9.54. The summed E-state index contributed by atoms with van der Waals surface area (Å²) < 4.78 is 5.18. The highest BCUT2D eigenvalue weighted by Crippen LogP contribution is 2.43. The third kappa shape index (κ3) is 4.43. The molecular formula is C43H25NS2. The Balaban J connectivity index is 1.28. The molecule has 7 aromatic carbocycles. The lowest BCUT2D eigenvalue weighted by Gasteiger charge is -2.14. The third-order valence-electron chi connectivity index (χ3n) is 8.92. The summed E-state index contributed by atoms with van der Waals surface area (Å²) in [6, 6.07) is 56.7. The Bertz CT molecular complexity index is 2650. The Labute approximate surface area is 274 Å². The normalized spacial score (nSPS) is 11.5. The molecule has 0 fully saturated rings. The van der Waals surface area contributed by atoms with Crippen molar-refractivity contribution in [2.45, 2.75) is 0 Å². The lowest BCUT2D eigenvalue weighted by Crippen LogP contribution is -1.89. The van der Waals surface area contributed by atoms with E-state index in [1.54, 1.807) is 0 Å². The summed E-state index contributed by atoms with van der Waals surface area (Å²) >= 11 is 3.69. The summed E-state index contributed by atoms with van der Waals surface area (Å²) in [5, 5.41) is 15.4. The van der Waals surface area contributed by atoms with E-state index >= 15 is 0 Å². The van der Waals surface area contributed by atoms with E-state index in [0.29, 0.717) is 5.56 Å². The van der Waals surface area contributed by atoms with E-state index < -0.39 is 0 Å². The molecule has 0 spiro atoms. The van der Waals surface area contributed by atoms with Gasteiger partial charge in [-0.2, -0.15) is 5.26 Å². The van der Waals surface area contributed by atoms with E-state index in [1.807, 2.05) is 46.9 Å². The second-order valence-electron chi connectivity index (χ2n) is 11.6. The molecule has 0 N–H and O–H groups in total. The van der Waals surface area contributed by atoms with Gasteiger partial charge in [0.1, 0.15) is 0 Å². The smallest absolute Gasteiger partial charge is 0.0998 e. The minimum atomic E-state index is 0.674. The molecule has 0 unspecified atom stereocenters. The van der Waals surface area contributed by atoms with Crippen molar-refractivity contribution in [3.8, 4) is 50.6 Å². The van der Waals surface area contributed by atoms with E-state index in [4.69, 9.17) is 0 Å². The number of benzene rings is 7. The number of nitriles is 1. The molecule has 2 heterocycles. The maximum absolute atomic E-state index is 10.2. The van der Waals surface area contributed by atoms with Crippen LogP contribution in [-0.2, 0) is 0 Å². The van der Waals surface area contributed by atoms with Crippen molar-refractivity contribution in [2.24, 2.45) is 0 Å². The van der Waals surface area contributed by atoms with Crippen LogP contribution in [0.2, 0.25) is 0 Å². The van der Waals surface area contributed by atoms with Crippen LogP contribution in [0.25, 0.3) is 84.9 Å². The van der Waals surface area contributed by atoms with Crippen molar-refractivity contribution in [3.63, 3.8) is 0 Å². The topological polar surface area (TPSA) is 23.8 Å². The first-order valence-corrected chi connectivity index (χ1v) is 16.9. The van der Waals surface area contributed by atoms with Crippen LogP contribution in [0.3, 0.4) is 0 Å². The first-order valence-electron chi connectivity index (χ1n) is 15.3. The third-order valence-corrected chi connectivity index (χ3v) is 11.2. The van der Waals surface area contributed by atoms with Gasteiger partial charge in [0.05, 0.1) is 11.6 Å². The first-order chi connectivity index (χ1) is 22.7. The molecule has 214 valence electrons. The Morgan fingerprint density at radius 1 is 0.370 bits per heavy atom. The highest BCUT2D eigenvalue weighted by atomic mass is 32.1. The Kier molecular flexibility index (Phi) is 6.31. The van der Waals surface area contributed by atoms with Crippen LogP contribution >= 0.6 is 22.7 Å². The van der Waals surface area contributed by atoms with Crippen molar-refractivity contribution < 1.29 is 0 Å². The SMILES string of the molecule is N#Cc1cc(-c2cc(-c3ccc4c(c3)sc3ccccc34)cc(-c3cccc4sc5ccccc5c34)c2)ccc1-c1ccccc1. The van der Waals surface area contributed by atoms with Crippen LogP contribution in [0.1, 0.15) is 5.56 Å². The summed E-state index contributed by atoms with van der Waals surface area (Å²) in [4.78, 5) is 0. The summed E-state index contributed by atoms with van der Waals surface area (Å²) in [6.07, 6.45) is 0. The van der Waals surface area contributed by atoms with Crippen molar-refractivity contribution in [3.05, 3.63) is 157 Å². The zero-order valence-electron chi connectivity index (χ0n) is 24.7. The number of fused-ring (bicyclic) bond motifs is 6. The van der Waals surface area contributed by atoms with Crippen molar-refractivity contribution in [1.29, 1.82) is 5.26 Å². The molecule has 0 aliphatic heterocycles. The van der Waals surface area contributed by atoms with Crippen LogP contribution in [0.15, 0.2) is 152 Å². The molecule has 0 atom stereocenters. The molecule has 0 saturated carbocycles. The van der Waals surface area contributed by atoms with Gasteiger partial charge in [-0.05, 0) is 93.0 Å².